The van der Waals surface area contributed by atoms with Gasteiger partial charge in [0.15, 0.2) is 5.78 Å². The van der Waals surface area contributed by atoms with Gasteiger partial charge in [-0.2, -0.15) is 0 Å². The zero-order valence-electron chi connectivity index (χ0n) is 17.3. The van der Waals surface area contributed by atoms with Gasteiger partial charge in [-0.3, -0.25) is 14.6 Å². The highest BCUT2D eigenvalue weighted by Crippen LogP contribution is 2.21. The highest BCUT2D eigenvalue weighted by molar-refractivity contribution is 5.99. The van der Waals surface area contributed by atoms with Gasteiger partial charge in [0.05, 0.1) is 6.54 Å². The van der Waals surface area contributed by atoms with Gasteiger partial charge in [-0.1, -0.05) is 48.5 Å². The van der Waals surface area contributed by atoms with Gasteiger partial charge < -0.3 is 4.57 Å². The van der Waals surface area contributed by atoms with E-state index in [0.29, 0.717) is 6.54 Å². The van der Waals surface area contributed by atoms with Crippen molar-refractivity contribution >= 4 is 5.78 Å². The molecule has 0 saturated carbocycles. The highest BCUT2D eigenvalue weighted by atomic mass is 16.1. The molecule has 0 unspecified atom stereocenters. The first kappa shape index (κ1) is 19.6. The Bertz CT molecular complexity index is 954. The number of carbonyl (C=O) groups excluding carboxylic acids is 1. The Morgan fingerprint density at radius 2 is 1.41 bits per heavy atom. The third-order valence-electron chi connectivity index (χ3n) is 5.83. The molecule has 1 saturated heterocycles. The van der Waals surface area contributed by atoms with E-state index in [1.807, 2.05) is 31.2 Å². The molecule has 0 atom stereocenters. The Morgan fingerprint density at radius 1 is 0.828 bits per heavy atom. The molecular weight excluding hydrogens is 358 g/mol. The molecule has 1 fully saturated rings. The fourth-order valence-electron chi connectivity index (χ4n) is 4.25. The number of benzene rings is 2. The summed E-state index contributed by atoms with van der Waals surface area (Å²) >= 11 is 0. The minimum Gasteiger partial charge on any atom is -0.318 e. The van der Waals surface area contributed by atoms with Crippen LogP contribution in [0.5, 0.6) is 0 Å². The van der Waals surface area contributed by atoms with E-state index in [-0.39, 0.29) is 5.78 Å². The molecule has 0 radical (unpaired) electrons. The van der Waals surface area contributed by atoms with Gasteiger partial charge in [-0.25, -0.2) is 0 Å². The van der Waals surface area contributed by atoms with Crippen LogP contribution in [0.15, 0.2) is 66.7 Å². The van der Waals surface area contributed by atoms with Crippen molar-refractivity contribution < 1.29 is 4.79 Å². The summed E-state index contributed by atoms with van der Waals surface area (Å²) in [4.78, 5) is 17.8. The van der Waals surface area contributed by atoms with E-state index >= 15 is 0 Å². The van der Waals surface area contributed by atoms with E-state index in [9.17, 15) is 4.79 Å². The topological polar surface area (TPSA) is 28.5 Å². The standard InChI is InChI=1S/C25H29N3O/c1-20-17-24(21(2)28(20)23-11-7-4-8-12-23)25(29)19-27-15-13-26(14-16-27)18-22-9-5-3-6-10-22/h3-12,17H,13-16,18-19H2,1-2H3. The van der Waals surface area contributed by atoms with Crippen molar-refractivity contribution in [2.24, 2.45) is 0 Å². The predicted octanol–water partition coefficient (Wildman–Crippen LogP) is 4.09. The number of piperazine rings is 1. The molecule has 2 heterocycles. The fraction of sp³-hybridized carbons (Fsp3) is 0.320. The first-order chi connectivity index (χ1) is 14.1. The van der Waals surface area contributed by atoms with Crippen molar-refractivity contribution in [2.45, 2.75) is 20.4 Å². The Morgan fingerprint density at radius 3 is 2.07 bits per heavy atom. The number of ketones is 1. The zero-order valence-corrected chi connectivity index (χ0v) is 17.3. The molecule has 2 aromatic carbocycles. The SMILES string of the molecule is Cc1cc(C(=O)CN2CCN(Cc3ccccc3)CC2)c(C)n1-c1ccccc1. The van der Waals surface area contributed by atoms with Crippen LogP contribution < -0.4 is 0 Å². The molecule has 0 bridgehead atoms. The van der Waals surface area contributed by atoms with E-state index < -0.39 is 0 Å². The van der Waals surface area contributed by atoms with Gasteiger partial charge in [-0.15, -0.1) is 0 Å². The number of hydrogen-bond donors (Lipinski definition) is 0. The van der Waals surface area contributed by atoms with Crippen LogP contribution in [0.3, 0.4) is 0 Å². The van der Waals surface area contributed by atoms with E-state index in [0.717, 1.165) is 55.4 Å². The summed E-state index contributed by atoms with van der Waals surface area (Å²) in [5.41, 5.74) is 5.44. The number of aromatic nitrogens is 1. The lowest BCUT2D eigenvalue weighted by atomic mass is 10.1. The van der Waals surface area contributed by atoms with Crippen LogP contribution in [-0.2, 0) is 6.54 Å². The molecule has 3 aromatic rings. The number of aryl methyl sites for hydroxylation is 1. The van der Waals surface area contributed by atoms with Crippen molar-refractivity contribution in [3.8, 4) is 5.69 Å². The number of rotatable bonds is 6. The average molecular weight is 388 g/mol. The van der Waals surface area contributed by atoms with Crippen LogP contribution in [0, 0.1) is 13.8 Å². The number of carbonyl (C=O) groups is 1. The molecule has 0 aliphatic carbocycles. The van der Waals surface area contributed by atoms with Crippen LogP contribution in [0.1, 0.15) is 27.3 Å². The van der Waals surface area contributed by atoms with Crippen LogP contribution in [0.2, 0.25) is 0 Å². The summed E-state index contributed by atoms with van der Waals surface area (Å²) in [5, 5.41) is 0. The molecule has 4 heteroatoms. The lowest BCUT2D eigenvalue weighted by molar-refractivity contribution is 0.0843. The summed E-state index contributed by atoms with van der Waals surface area (Å²) < 4.78 is 2.17. The molecule has 0 amide bonds. The fourth-order valence-corrected chi connectivity index (χ4v) is 4.25. The Labute approximate surface area is 173 Å². The second kappa shape index (κ2) is 8.76. The smallest absolute Gasteiger partial charge is 0.178 e. The first-order valence-electron chi connectivity index (χ1n) is 10.4. The molecule has 4 rings (SSSR count). The summed E-state index contributed by atoms with van der Waals surface area (Å²) in [7, 11) is 0. The largest absolute Gasteiger partial charge is 0.318 e. The first-order valence-corrected chi connectivity index (χ1v) is 10.4. The third-order valence-corrected chi connectivity index (χ3v) is 5.83. The van der Waals surface area contributed by atoms with Crippen molar-refractivity contribution in [3.05, 3.63) is 89.2 Å². The maximum atomic E-state index is 13.0. The Kier molecular flexibility index (Phi) is 5.93. The highest BCUT2D eigenvalue weighted by Gasteiger charge is 2.22. The molecule has 1 aliphatic rings. The summed E-state index contributed by atoms with van der Waals surface area (Å²) in [6.45, 7) is 9.49. The van der Waals surface area contributed by atoms with Crippen LogP contribution in [0.4, 0.5) is 0 Å². The minimum atomic E-state index is 0.219. The lowest BCUT2D eigenvalue weighted by Crippen LogP contribution is -2.47. The van der Waals surface area contributed by atoms with Crippen LogP contribution in [0.25, 0.3) is 5.69 Å². The average Bonchev–Trinajstić information content (AvgIpc) is 3.05. The van der Waals surface area contributed by atoms with E-state index in [1.165, 1.54) is 5.56 Å². The maximum Gasteiger partial charge on any atom is 0.178 e. The number of hydrogen-bond acceptors (Lipinski definition) is 3. The van der Waals surface area contributed by atoms with Crippen LogP contribution >= 0.6 is 0 Å². The van der Waals surface area contributed by atoms with Crippen LogP contribution in [-0.4, -0.2) is 52.9 Å². The van der Waals surface area contributed by atoms with E-state index in [4.69, 9.17) is 0 Å². The molecule has 1 aromatic heterocycles. The molecule has 1 aliphatic heterocycles. The predicted molar refractivity (Wildman–Crippen MR) is 118 cm³/mol. The van der Waals surface area contributed by atoms with E-state index in [2.05, 4.69) is 63.8 Å². The van der Waals surface area contributed by atoms with Gasteiger partial charge in [0, 0.05) is 55.4 Å². The molecule has 0 spiro atoms. The molecule has 4 nitrogen and oxygen atoms in total. The Hall–Kier alpha value is -2.69. The quantitative estimate of drug-likeness (QED) is 0.597. The molecule has 0 N–H and O–H groups in total. The van der Waals surface area contributed by atoms with Crippen molar-refractivity contribution in [1.29, 1.82) is 0 Å². The van der Waals surface area contributed by atoms with Gasteiger partial charge in [0.25, 0.3) is 0 Å². The van der Waals surface area contributed by atoms with Gasteiger partial charge in [0.2, 0.25) is 0 Å². The summed E-state index contributed by atoms with van der Waals surface area (Å²) in [6, 6.07) is 22.9. The van der Waals surface area contributed by atoms with Crippen molar-refractivity contribution in [2.75, 3.05) is 32.7 Å². The number of Topliss-reactive ketones (excluding diaryl/α,β-unsaturated/α-hetero) is 1. The molecule has 29 heavy (non-hydrogen) atoms. The Balaban J connectivity index is 1.37. The molecule has 150 valence electrons. The number of para-hydroxylation sites is 1. The summed E-state index contributed by atoms with van der Waals surface area (Å²) in [6.07, 6.45) is 0. The third kappa shape index (κ3) is 4.50. The monoisotopic (exact) mass is 387 g/mol. The maximum absolute atomic E-state index is 13.0. The van der Waals surface area contributed by atoms with Gasteiger partial charge >= 0.3 is 0 Å². The minimum absolute atomic E-state index is 0.219. The number of nitrogens with zero attached hydrogens (tertiary/aromatic N) is 3. The lowest BCUT2D eigenvalue weighted by Gasteiger charge is -2.34. The van der Waals surface area contributed by atoms with Gasteiger partial charge in [-0.05, 0) is 37.6 Å². The summed E-state index contributed by atoms with van der Waals surface area (Å²) in [5.74, 6) is 0.219. The normalized spacial score (nSPS) is 15.5. The second-order valence-electron chi connectivity index (χ2n) is 7.92. The van der Waals surface area contributed by atoms with Crippen molar-refractivity contribution in [3.63, 3.8) is 0 Å². The van der Waals surface area contributed by atoms with Gasteiger partial charge in [0.1, 0.15) is 0 Å². The van der Waals surface area contributed by atoms with E-state index in [1.54, 1.807) is 0 Å². The zero-order chi connectivity index (χ0) is 20.2. The molecular formula is C25H29N3O. The van der Waals surface area contributed by atoms with Crippen molar-refractivity contribution in [1.82, 2.24) is 14.4 Å². The second-order valence-corrected chi connectivity index (χ2v) is 7.92.